The van der Waals surface area contributed by atoms with Gasteiger partial charge in [-0.15, -0.1) is 0 Å². The van der Waals surface area contributed by atoms with Gasteiger partial charge in [-0.1, -0.05) is 29.8 Å². The van der Waals surface area contributed by atoms with Gasteiger partial charge in [-0.2, -0.15) is 0 Å². The molecule has 0 spiro atoms. The number of allylic oxidation sites excluding steroid dienone is 4. The van der Waals surface area contributed by atoms with Crippen molar-refractivity contribution in [1.29, 1.82) is 0 Å². The Hall–Kier alpha value is -1.83. The Bertz CT molecular complexity index is 867. The van der Waals surface area contributed by atoms with Crippen molar-refractivity contribution < 1.29 is 24.2 Å². The van der Waals surface area contributed by atoms with E-state index >= 15 is 0 Å². The fourth-order valence-electron chi connectivity index (χ4n) is 2.93. The Morgan fingerprint density at radius 3 is 2.03 bits per heavy atom. The van der Waals surface area contributed by atoms with Gasteiger partial charge in [0.25, 0.3) is 0 Å². The van der Waals surface area contributed by atoms with Crippen molar-refractivity contribution in [3.8, 4) is 0 Å². The normalized spacial score (nSPS) is 13.8. The summed E-state index contributed by atoms with van der Waals surface area (Å²) in [5.41, 5.74) is 0.757. The van der Waals surface area contributed by atoms with Gasteiger partial charge in [0, 0.05) is 11.1 Å². The first-order chi connectivity index (χ1) is 14.2. The summed E-state index contributed by atoms with van der Waals surface area (Å²) in [7, 11) is 0. The van der Waals surface area contributed by atoms with Gasteiger partial charge in [0.1, 0.15) is 16.3 Å². The van der Waals surface area contributed by atoms with E-state index in [9.17, 15) is 14.7 Å². The Morgan fingerprint density at radius 1 is 1.07 bits per heavy atom. The topological polar surface area (TPSA) is 77.8 Å². The third kappa shape index (κ3) is 5.86. The summed E-state index contributed by atoms with van der Waals surface area (Å²) in [5.74, 6) is -1.38. The third-order valence-electron chi connectivity index (χ3n) is 4.28. The van der Waals surface area contributed by atoms with Crippen LogP contribution >= 0.6 is 27.5 Å². The molecule has 1 rings (SSSR count). The average molecular weight is 503 g/mol. The monoisotopic (exact) mass is 501 g/mol. The summed E-state index contributed by atoms with van der Waals surface area (Å²) in [5, 5.41) is 11.8. The molecule has 8 heteroatoms. The molecule has 1 atom stereocenters. The molecule has 0 aliphatic rings. The molecule has 0 aliphatic heterocycles. The highest BCUT2D eigenvalue weighted by Gasteiger charge is 2.36. The molecule has 0 saturated heterocycles. The molecule has 0 fully saturated rings. The van der Waals surface area contributed by atoms with Crippen LogP contribution in [0.15, 0.2) is 39.5 Å². The van der Waals surface area contributed by atoms with Gasteiger partial charge < -0.3 is 19.1 Å². The third-order valence-corrected chi connectivity index (χ3v) is 5.40. The number of aliphatic hydroxyl groups is 1. The van der Waals surface area contributed by atoms with Gasteiger partial charge in [0.15, 0.2) is 0 Å². The minimum atomic E-state index is -1.21. The largest absolute Gasteiger partial charge is 0.462 e. The summed E-state index contributed by atoms with van der Waals surface area (Å²) in [6.07, 6.45) is 5.53. The van der Waals surface area contributed by atoms with Crippen molar-refractivity contribution in [2.24, 2.45) is 0 Å². The molecule has 0 radical (unpaired) electrons. The van der Waals surface area contributed by atoms with Crippen LogP contribution in [-0.4, -0.2) is 34.8 Å². The Kier molecular flexibility index (Phi) is 10.6. The number of nitrogens with zero attached hydrogens (tertiary/aromatic N) is 1. The van der Waals surface area contributed by atoms with Crippen LogP contribution in [0, 0.1) is 0 Å². The first-order valence-electron chi connectivity index (χ1n) is 9.77. The van der Waals surface area contributed by atoms with E-state index in [1.807, 2.05) is 13.8 Å². The lowest BCUT2D eigenvalue weighted by molar-refractivity contribution is 0.0476. The number of halogens is 2. The molecule has 6 nitrogen and oxygen atoms in total. The van der Waals surface area contributed by atoms with E-state index in [1.165, 1.54) is 0 Å². The van der Waals surface area contributed by atoms with Crippen LogP contribution in [0.2, 0.25) is 0 Å². The maximum Gasteiger partial charge on any atom is 0.341 e. The fraction of sp³-hybridized carbons (Fsp3) is 0.455. The standard InChI is InChI=1S/C22H29BrClNO5/c1-7-14(11-12-15(24)8-2)19(26)18-16(21(27)29-9-3)17(22(28)30-10-4)20(23)25(18)13(5)6/h7-8,11-13,19,26H,9-10H2,1-6H3/b12-11-,14-7+,15-8+. The Labute approximate surface area is 191 Å². The summed E-state index contributed by atoms with van der Waals surface area (Å²) in [6.45, 7) is 10.9. The molecule has 1 N–H and O–H groups in total. The van der Waals surface area contributed by atoms with E-state index in [-0.39, 0.29) is 36.1 Å². The fourth-order valence-corrected chi connectivity index (χ4v) is 3.95. The van der Waals surface area contributed by atoms with Crippen LogP contribution in [0.3, 0.4) is 0 Å². The average Bonchev–Trinajstić information content (AvgIpc) is 3.01. The summed E-state index contributed by atoms with van der Waals surface area (Å²) < 4.78 is 12.4. The van der Waals surface area contributed by atoms with Crippen LogP contribution in [-0.2, 0) is 9.47 Å². The lowest BCUT2D eigenvalue weighted by atomic mass is 10.00. The molecule has 30 heavy (non-hydrogen) atoms. The lowest BCUT2D eigenvalue weighted by Gasteiger charge is -2.20. The number of carbonyl (C=O) groups is 2. The van der Waals surface area contributed by atoms with Crippen LogP contribution in [0.1, 0.15) is 80.1 Å². The number of hydrogen-bond acceptors (Lipinski definition) is 5. The smallest absolute Gasteiger partial charge is 0.341 e. The molecular formula is C22H29BrClNO5. The molecule has 1 aromatic heterocycles. The first kappa shape index (κ1) is 26.2. The van der Waals surface area contributed by atoms with Gasteiger partial charge in [-0.25, -0.2) is 9.59 Å². The number of aromatic nitrogens is 1. The van der Waals surface area contributed by atoms with Crippen molar-refractivity contribution in [3.63, 3.8) is 0 Å². The minimum Gasteiger partial charge on any atom is -0.462 e. The molecule has 0 saturated carbocycles. The highest BCUT2D eigenvalue weighted by molar-refractivity contribution is 9.10. The van der Waals surface area contributed by atoms with E-state index < -0.39 is 18.0 Å². The number of rotatable bonds is 9. The minimum absolute atomic E-state index is 0.0201. The first-order valence-corrected chi connectivity index (χ1v) is 10.9. The molecule has 0 aromatic carbocycles. The molecule has 166 valence electrons. The zero-order chi connectivity index (χ0) is 23.0. The maximum atomic E-state index is 12.9. The maximum absolute atomic E-state index is 12.9. The second-order valence-electron chi connectivity index (χ2n) is 6.53. The molecule has 1 heterocycles. The van der Waals surface area contributed by atoms with E-state index in [2.05, 4.69) is 15.9 Å². The predicted molar refractivity (Wildman–Crippen MR) is 122 cm³/mol. The number of ether oxygens (including phenoxy) is 2. The van der Waals surface area contributed by atoms with E-state index in [0.29, 0.717) is 15.2 Å². The Morgan fingerprint density at radius 2 is 1.60 bits per heavy atom. The van der Waals surface area contributed by atoms with E-state index in [1.54, 1.807) is 56.6 Å². The van der Waals surface area contributed by atoms with Crippen LogP contribution in [0.5, 0.6) is 0 Å². The van der Waals surface area contributed by atoms with Gasteiger partial charge in [-0.05, 0) is 69.1 Å². The zero-order valence-corrected chi connectivity index (χ0v) is 20.5. The molecule has 0 bridgehead atoms. The molecular weight excluding hydrogens is 474 g/mol. The highest BCUT2D eigenvalue weighted by Crippen LogP contribution is 2.38. The SMILES string of the molecule is C\C=C(Cl)/C=C\C(=C/C)C(O)c1c(C(=O)OCC)c(C(=O)OCC)c(Br)n1C(C)C. The van der Waals surface area contributed by atoms with Crippen molar-refractivity contribution in [1.82, 2.24) is 4.57 Å². The number of hydrogen-bond donors (Lipinski definition) is 1. The number of esters is 2. The van der Waals surface area contributed by atoms with E-state index in [4.69, 9.17) is 21.1 Å². The van der Waals surface area contributed by atoms with Crippen molar-refractivity contribution in [2.75, 3.05) is 13.2 Å². The quantitative estimate of drug-likeness (QED) is 0.338. The highest BCUT2D eigenvalue weighted by atomic mass is 79.9. The van der Waals surface area contributed by atoms with Gasteiger partial charge in [-0.3, -0.25) is 0 Å². The van der Waals surface area contributed by atoms with Crippen molar-refractivity contribution >= 4 is 39.5 Å². The van der Waals surface area contributed by atoms with E-state index in [0.717, 1.165) is 0 Å². The summed E-state index contributed by atoms with van der Waals surface area (Å²) in [4.78, 5) is 25.6. The van der Waals surface area contributed by atoms with Crippen molar-refractivity contribution in [2.45, 2.75) is 53.7 Å². The van der Waals surface area contributed by atoms with Crippen LogP contribution < -0.4 is 0 Å². The van der Waals surface area contributed by atoms with Crippen LogP contribution in [0.4, 0.5) is 0 Å². The second kappa shape index (κ2) is 12.1. The van der Waals surface area contributed by atoms with Gasteiger partial charge >= 0.3 is 11.9 Å². The number of carbonyl (C=O) groups excluding carboxylic acids is 2. The molecule has 1 unspecified atom stereocenters. The molecule has 0 aliphatic carbocycles. The lowest BCUT2D eigenvalue weighted by Crippen LogP contribution is -2.17. The molecule has 1 aromatic rings. The number of aliphatic hydroxyl groups excluding tert-OH is 1. The summed E-state index contributed by atoms with van der Waals surface area (Å²) >= 11 is 9.48. The summed E-state index contributed by atoms with van der Waals surface area (Å²) in [6, 6.07) is -0.179. The zero-order valence-electron chi connectivity index (χ0n) is 18.2. The molecule has 0 amide bonds. The van der Waals surface area contributed by atoms with Gasteiger partial charge in [0.2, 0.25) is 0 Å². The van der Waals surface area contributed by atoms with Gasteiger partial charge in [0.05, 0.1) is 24.5 Å². The predicted octanol–water partition coefficient (Wildman–Crippen LogP) is 5.86. The second-order valence-corrected chi connectivity index (χ2v) is 7.72. The Balaban J connectivity index is 3.84. The van der Waals surface area contributed by atoms with Crippen LogP contribution in [0.25, 0.3) is 0 Å². The van der Waals surface area contributed by atoms with Crippen molar-refractivity contribution in [3.05, 3.63) is 56.3 Å².